The van der Waals surface area contributed by atoms with Crippen molar-refractivity contribution in [3.63, 3.8) is 0 Å². The van der Waals surface area contributed by atoms with Crippen LogP contribution in [0.3, 0.4) is 0 Å². The van der Waals surface area contributed by atoms with Gasteiger partial charge in [-0.1, -0.05) is 83.2 Å². The molecule has 2 aromatic carbocycles. The molecule has 13 atom stereocenters. The number of amides is 1. The average molecular weight is 886 g/mol. The number of nitrogens with one attached hydrogen (secondary N) is 1. The fraction of sp³-hybridized carbons (Fsp3) is 0.580. The van der Waals surface area contributed by atoms with Gasteiger partial charge in [0.05, 0.1) is 36.0 Å². The Morgan fingerprint density at radius 2 is 1.69 bits per heavy atom. The Balaban J connectivity index is 1.37. The number of likely N-dealkylation sites (N-methyl/N-ethyl adjacent to an activating group) is 1. The summed E-state index contributed by atoms with van der Waals surface area (Å²) >= 11 is 0. The number of cyclic esters (lactones) is 1. The maximum absolute atomic E-state index is 14.7. The zero-order chi connectivity index (χ0) is 46.7. The molecule has 3 N–H and O–H groups in total. The number of hydrogen-bond donors (Lipinski definition) is 3. The van der Waals surface area contributed by atoms with E-state index in [2.05, 4.69) is 10.3 Å². The molecule has 0 saturated carbocycles. The highest BCUT2D eigenvalue weighted by molar-refractivity contribution is 6.00. The van der Waals surface area contributed by atoms with Crippen LogP contribution in [0.15, 0.2) is 60.8 Å². The topological polar surface area (TPSA) is 183 Å². The zero-order valence-electron chi connectivity index (χ0n) is 38.9. The Morgan fingerprint density at radius 3 is 2.41 bits per heavy atom. The van der Waals surface area contributed by atoms with Crippen molar-refractivity contribution in [3.05, 3.63) is 77.5 Å². The third kappa shape index (κ3) is 10.2. The normalized spacial score (nSPS) is 34.3. The molecule has 0 aliphatic carbocycles. The number of rotatable bonds is 11. The molecule has 1 aromatic heterocycles. The smallest absolute Gasteiger partial charge is 0.408 e. The predicted molar refractivity (Wildman–Crippen MR) is 241 cm³/mol. The number of esters is 1. The van der Waals surface area contributed by atoms with Crippen molar-refractivity contribution < 1.29 is 53.1 Å². The van der Waals surface area contributed by atoms with Crippen LogP contribution in [-0.2, 0) is 51.0 Å². The van der Waals surface area contributed by atoms with Gasteiger partial charge in [-0.15, -0.1) is 0 Å². The van der Waals surface area contributed by atoms with Crippen LogP contribution in [0.25, 0.3) is 17.0 Å². The van der Waals surface area contributed by atoms with Gasteiger partial charge in [0.1, 0.15) is 29.7 Å². The van der Waals surface area contributed by atoms with Gasteiger partial charge in [-0.25, -0.2) is 4.79 Å². The highest BCUT2D eigenvalue weighted by atomic mass is 16.7. The number of benzene rings is 2. The number of Topliss-reactive ketones (excluding diaryl/α,β-unsaturated/α-hetero) is 2. The third-order valence-corrected chi connectivity index (χ3v) is 13.8. The number of carbonyl (C=O) groups is 4. The Kier molecular flexibility index (Phi) is 15.4. The Bertz CT molecular complexity index is 2200. The van der Waals surface area contributed by atoms with Crippen molar-refractivity contribution in [1.29, 1.82) is 0 Å². The number of fused-ring (bicyclic) bond motifs is 2. The molecule has 3 aliphatic heterocycles. The maximum Gasteiger partial charge on any atom is 0.408 e. The number of alkyl carbamates (subject to hydrolysis) is 1. The van der Waals surface area contributed by atoms with Gasteiger partial charge in [-0.3, -0.25) is 24.3 Å². The molecule has 348 valence electrons. The van der Waals surface area contributed by atoms with Gasteiger partial charge in [-0.05, 0) is 83.7 Å². The van der Waals surface area contributed by atoms with Gasteiger partial charge in [0.15, 0.2) is 17.7 Å². The molecular weight excluding hydrogens is 819 g/mol. The number of aromatic nitrogens is 1. The quantitative estimate of drug-likeness (QED) is 0.133. The molecule has 0 radical (unpaired) electrons. The summed E-state index contributed by atoms with van der Waals surface area (Å²) in [6, 6.07) is 14.1. The summed E-state index contributed by atoms with van der Waals surface area (Å²) in [6.45, 7) is 16.1. The van der Waals surface area contributed by atoms with Crippen molar-refractivity contribution in [2.45, 2.75) is 149 Å². The lowest BCUT2D eigenvalue weighted by atomic mass is 9.73. The monoisotopic (exact) mass is 885 g/mol. The molecule has 0 bridgehead atoms. The standard InChI is InChI=1S/C50H67N3O11/c1-11-34-19-15-20-36(42(34)56)27-53(10)38-23-29(4)61-47(43(38)57)63-45-31(6)41(55)32(7)46(58)62-39(12-2)50(9)44(52-48(59)64-50)30(5)40(54)28(3)25-49(45,8)60-22-16-17-33-24-35-18-13-14-21-37(35)51-26-33/h13-21,24,26,28-32,38-39,43-45,47,56-57H,11-12,22-23,25,27H2,1-10H3,(H,52,59)/b17-16+/t28-,29-,30+,31+,32-,38+,39-,43-,44-,45-,47?,49+,50-/m1/s1. The number of ketones is 2. The molecule has 14 heteroatoms. The summed E-state index contributed by atoms with van der Waals surface area (Å²) in [5.41, 5.74) is 0.407. The van der Waals surface area contributed by atoms with E-state index in [4.69, 9.17) is 23.7 Å². The van der Waals surface area contributed by atoms with Crippen molar-refractivity contribution in [3.8, 4) is 5.75 Å². The van der Waals surface area contributed by atoms with E-state index in [1.54, 1.807) is 47.7 Å². The van der Waals surface area contributed by atoms with Crippen LogP contribution in [0.4, 0.5) is 4.79 Å². The summed E-state index contributed by atoms with van der Waals surface area (Å²) in [6.07, 6.45) is 1.09. The van der Waals surface area contributed by atoms with Crippen LogP contribution in [0, 0.1) is 23.7 Å². The van der Waals surface area contributed by atoms with E-state index < -0.39 is 95.5 Å². The molecule has 4 heterocycles. The number of nitrogens with zero attached hydrogens (tertiary/aromatic N) is 2. The van der Waals surface area contributed by atoms with E-state index in [1.165, 1.54) is 6.92 Å². The van der Waals surface area contributed by atoms with E-state index in [0.29, 0.717) is 24.9 Å². The van der Waals surface area contributed by atoms with Crippen LogP contribution in [0.5, 0.6) is 5.75 Å². The van der Waals surface area contributed by atoms with Gasteiger partial charge in [0.2, 0.25) is 0 Å². The number of aliphatic hydroxyl groups excluding tert-OH is 1. The first kappa shape index (κ1) is 48.7. The molecule has 3 saturated heterocycles. The summed E-state index contributed by atoms with van der Waals surface area (Å²) in [7, 11) is 1.87. The van der Waals surface area contributed by atoms with Gasteiger partial charge in [0.25, 0.3) is 0 Å². The first-order valence-corrected chi connectivity index (χ1v) is 22.7. The second-order valence-electron chi connectivity index (χ2n) is 18.6. The van der Waals surface area contributed by atoms with Crippen molar-refractivity contribution in [1.82, 2.24) is 15.2 Å². The van der Waals surface area contributed by atoms with Crippen molar-refractivity contribution in [2.75, 3.05) is 13.7 Å². The number of phenolic OH excluding ortho intramolecular Hbond substituents is 1. The lowest BCUT2D eigenvalue weighted by molar-refractivity contribution is -0.297. The van der Waals surface area contributed by atoms with Crippen LogP contribution >= 0.6 is 0 Å². The fourth-order valence-electron chi connectivity index (χ4n) is 10.1. The van der Waals surface area contributed by atoms with Crippen molar-refractivity contribution >= 4 is 40.6 Å². The number of carbonyl (C=O) groups excluding carboxylic acids is 4. The number of aryl methyl sites for hydroxylation is 1. The molecule has 64 heavy (non-hydrogen) atoms. The van der Waals surface area contributed by atoms with E-state index in [-0.39, 0.29) is 31.0 Å². The summed E-state index contributed by atoms with van der Waals surface area (Å²) in [5, 5.41) is 26.9. The number of phenols is 1. The van der Waals surface area contributed by atoms with Gasteiger partial charge >= 0.3 is 12.1 Å². The van der Waals surface area contributed by atoms with Gasteiger partial charge in [-0.2, -0.15) is 0 Å². The third-order valence-electron chi connectivity index (χ3n) is 13.8. The highest BCUT2D eigenvalue weighted by Crippen LogP contribution is 2.41. The molecular formula is C50H67N3O11. The van der Waals surface area contributed by atoms with Crippen LogP contribution in [0.2, 0.25) is 0 Å². The Hall–Kier alpha value is -4.73. The summed E-state index contributed by atoms with van der Waals surface area (Å²) in [5.74, 6) is -5.17. The largest absolute Gasteiger partial charge is 0.507 e. The lowest BCUT2D eigenvalue weighted by Crippen LogP contribution is -2.60. The number of ether oxygens (including phenoxy) is 5. The van der Waals surface area contributed by atoms with E-state index >= 15 is 0 Å². The first-order chi connectivity index (χ1) is 30.3. The van der Waals surface area contributed by atoms with E-state index in [0.717, 1.165) is 22.0 Å². The minimum absolute atomic E-state index is 0.0249. The minimum Gasteiger partial charge on any atom is -0.507 e. The molecule has 3 aromatic rings. The average Bonchev–Trinajstić information content (AvgIpc) is 3.59. The van der Waals surface area contributed by atoms with Gasteiger partial charge in [0, 0.05) is 47.5 Å². The Labute approximate surface area is 377 Å². The van der Waals surface area contributed by atoms with E-state index in [9.17, 15) is 29.4 Å². The van der Waals surface area contributed by atoms with Crippen LogP contribution < -0.4 is 5.32 Å². The number of aromatic hydroxyl groups is 1. The fourth-order valence-corrected chi connectivity index (χ4v) is 10.1. The molecule has 1 unspecified atom stereocenters. The maximum atomic E-state index is 14.7. The second-order valence-corrected chi connectivity index (χ2v) is 18.6. The number of pyridine rings is 1. The highest BCUT2D eigenvalue weighted by Gasteiger charge is 2.57. The van der Waals surface area contributed by atoms with Crippen LogP contribution in [-0.4, -0.2) is 111 Å². The molecule has 1 amide bonds. The number of hydrogen-bond acceptors (Lipinski definition) is 13. The number of aliphatic hydroxyl groups is 1. The summed E-state index contributed by atoms with van der Waals surface area (Å²) < 4.78 is 31.9. The minimum atomic E-state index is -1.42. The SMILES string of the molecule is CCc1cccc(CN(C)[C@H]2C[C@@H](C)OC(O[C@@H]3[C@@H](C)C(=O)[C@@H](C)C(=O)O[C@H](CC)[C@@]4(C)OC(=O)N[C@@H]4[C@@H](C)C(=O)[C@H](C)C[C@]3(C)OC/C=C/c3cnc4ccccc4c3)[C@@H]2O)c1O. The van der Waals surface area contributed by atoms with Gasteiger partial charge < -0.3 is 39.2 Å². The number of para-hydroxylation sites is 2. The van der Waals surface area contributed by atoms with Crippen LogP contribution in [0.1, 0.15) is 98.3 Å². The summed E-state index contributed by atoms with van der Waals surface area (Å²) in [4.78, 5) is 62.7. The molecule has 0 spiro atoms. The molecule has 3 fully saturated rings. The zero-order valence-corrected chi connectivity index (χ0v) is 38.9. The molecule has 3 aliphatic rings. The molecule has 6 rings (SSSR count). The Morgan fingerprint density at radius 1 is 0.969 bits per heavy atom. The van der Waals surface area contributed by atoms with E-state index in [1.807, 2.05) is 86.5 Å². The predicted octanol–water partition coefficient (Wildman–Crippen LogP) is 6.95. The van der Waals surface area contributed by atoms with Crippen molar-refractivity contribution in [2.24, 2.45) is 23.7 Å². The second kappa shape index (κ2) is 20.2. The molecule has 14 nitrogen and oxygen atoms in total. The lowest BCUT2D eigenvalue weighted by Gasteiger charge is -2.47. The first-order valence-electron chi connectivity index (χ1n) is 22.7.